The second kappa shape index (κ2) is 2.11. The molecule has 0 atom stereocenters. The number of nitrogens with zero attached hydrogens (tertiary/aromatic N) is 4. The lowest BCUT2D eigenvalue weighted by Gasteiger charge is -2.24. The highest BCUT2D eigenvalue weighted by molar-refractivity contribution is 5.57. The zero-order valence-corrected chi connectivity index (χ0v) is 6.49. The van der Waals surface area contributed by atoms with Gasteiger partial charge in [-0.2, -0.15) is 0 Å². The second-order valence-corrected chi connectivity index (χ2v) is 2.80. The molecule has 0 unspecified atom stereocenters. The van der Waals surface area contributed by atoms with Crippen molar-refractivity contribution >= 4 is 11.6 Å². The van der Waals surface area contributed by atoms with Crippen LogP contribution in [0.25, 0.3) is 0 Å². The molecular weight excluding hydrogens is 142 g/mol. The van der Waals surface area contributed by atoms with Gasteiger partial charge in [0.2, 0.25) is 0 Å². The number of fused-ring (bicyclic) bond motifs is 1. The average Bonchev–Trinajstić information content (AvgIpc) is 2.34. The Kier molecular flexibility index (Phi) is 1.24. The molecule has 2 N–H and O–H groups in total. The molecule has 0 bridgehead atoms. The molecule has 0 spiro atoms. The zero-order chi connectivity index (χ0) is 7.84. The van der Waals surface area contributed by atoms with E-state index < -0.39 is 0 Å². The minimum Gasteiger partial charge on any atom is -0.379 e. The fourth-order valence-corrected chi connectivity index (χ4v) is 1.43. The third-order valence-electron chi connectivity index (χ3n) is 1.96. The third-order valence-corrected chi connectivity index (χ3v) is 1.96. The van der Waals surface area contributed by atoms with Crippen LogP contribution in [0.4, 0.5) is 11.6 Å². The Hall–Kier alpha value is -1.26. The van der Waals surface area contributed by atoms with Gasteiger partial charge in [-0.05, 0) is 6.42 Å². The summed E-state index contributed by atoms with van der Waals surface area (Å²) < 4.78 is 1.85. The highest BCUT2D eigenvalue weighted by Gasteiger charge is 2.18. The lowest BCUT2D eigenvalue weighted by Crippen LogP contribution is -2.28. The smallest absolute Gasteiger partial charge is 0.190 e. The molecule has 1 aromatic heterocycles. The van der Waals surface area contributed by atoms with E-state index >= 15 is 0 Å². The number of aromatic nitrogens is 3. The van der Waals surface area contributed by atoms with E-state index in [1.807, 2.05) is 11.7 Å². The summed E-state index contributed by atoms with van der Waals surface area (Å²) in [5, 5.41) is 7.70. The molecule has 5 heteroatoms. The van der Waals surface area contributed by atoms with Crippen LogP contribution in [0.2, 0.25) is 0 Å². The van der Waals surface area contributed by atoms with Crippen molar-refractivity contribution in [2.75, 3.05) is 24.2 Å². The molecule has 11 heavy (non-hydrogen) atoms. The molecule has 60 valence electrons. The first-order valence-electron chi connectivity index (χ1n) is 3.69. The van der Waals surface area contributed by atoms with E-state index in [0.29, 0.717) is 5.82 Å². The van der Waals surface area contributed by atoms with Gasteiger partial charge in [0.1, 0.15) is 0 Å². The Morgan fingerprint density at radius 3 is 3.00 bits per heavy atom. The third kappa shape index (κ3) is 0.840. The summed E-state index contributed by atoms with van der Waals surface area (Å²) >= 11 is 0. The number of rotatable bonds is 0. The maximum absolute atomic E-state index is 5.62. The van der Waals surface area contributed by atoms with Gasteiger partial charge in [0.15, 0.2) is 11.6 Å². The van der Waals surface area contributed by atoms with Crippen LogP contribution in [0, 0.1) is 0 Å². The molecule has 1 aliphatic rings. The quantitative estimate of drug-likeness (QED) is 0.556. The summed E-state index contributed by atoms with van der Waals surface area (Å²) in [4.78, 5) is 2.08. The first-order chi connectivity index (χ1) is 5.29. The normalized spacial score (nSPS) is 16.6. The van der Waals surface area contributed by atoms with Gasteiger partial charge in [-0.15, -0.1) is 5.10 Å². The highest BCUT2D eigenvalue weighted by Crippen LogP contribution is 2.22. The van der Waals surface area contributed by atoms with E-state index in [1.54, 1.807) is 0 Å². The average molecular weight is 153 g/mol. The van der Waals surface area contributed by atoms with Crippen LogP contribution in [-0.2, 0) is 6.54 Å². The Morgan fingerprint density at radius 1 is 1.45 bits per heavy atom. The Bertz CT molecular complexity index is 266. The van der Waals surface area contributed by atoms with E-state index in [1.165, 1.54) is 0 Å². The summed E-state index contributed by atoms with van der Waals surface area (Å²) in [7, 11) is 2.00. The van der Waals surface area contributed by atoms with Crippen molar-refractivity contribution in [2.24, 2.45) is 0 Å². The summed E-state index contributed by atoms with van der Waals surface area (Å²) in [5.74, 6) is 1.49. The maximum Gasteiger partial charge on any atom is 0.190 e. The van der Waals surface area contributed by atoms with Gasteiger partial charge in [0, 0.05) is 20.1 Å². The van der Waals surface area contributed by atoms with Crippen molar-refractivity contribution in [3.8, 4) is 0 Å². The molecule has 0 amide bonds. The SMILES string of the molecule is CN1CCCn2nnc(N)c21. The number of nitrogens with two attached hydrogens (primary N) is 1. The fourth-order valence-electron chi connectivity index (χ4n) is 1.43. The molecule has 0 radical (unpaired) electrons. The van der Waals surface area contributed by atoms with Gasteiger partial charge >= 0.3 is 0 Å². The van der Waals surface area contributed by atoms with Crippen molar-refractivity contribution in [2.45, 2.75) is 13.0 Å². The minimum atomic E-state index is 0.534. The molecule has 0 aliphatic carbocycles. The number of aryl methyl sites for hydroxylation is 1. The summed E-state index contributed by atoms with van der Waals surface area (Å²) in [6, 6.07) is 0. The standard InChI is InChI=1S/C6H11N5/c1-10-3-2-4-11-6(10)5(7)8-9-11/h2-4,7H2,1H3. The van der Waals surface area contributed by atoms with Gasteiger partial charge in [0.05, 0.1) is 0 Å². The summed E-state index contributed by atoms with van der Waals surface area (Å²) in [6.07, 6.45) is 1.12. The monoisotopic (exact) mass is 153 g/mol. The van der Waals surface area contributed by atoms with E-state index in [0.717, 1.165) is 25.3 Å². The molecular formula is C6H11N5. The van der Waals surface area contributed by atoms with Crippen LogP contribution in [0.15, 0.2) is 0 Å². The molecule has 2 rings (SSSR count). The number of hydrogen-bond acceptors (Lipinski definition) is 4. The molecule has 1 aromatic rings. The molecule has 0 saturated heterocycles. The molecule has 0 aromatic carbocycles. The van der Waals surface area contributed by atoms with Crippen molar-refractivity contribution in [1.82, 2.24) is 15.0 Å². The van der Waals surface area contributed by atoms with Crippen molar-refractivity contribution in [1.29, 1.82) is 0 Å². The highest BCUT2D eigenvalue weighted by atomic mass is 15.5. The fraction of sp³-hybridized carbons (Fsp3) is 0.667. The van der Waals surface area contributed by atoms with Crippen LogP contribution >= 0.6 is 0 Å². The first-order valence-corrected chi connectivity index (χ1v) is 3.69. The van der Waals surface area contributed by atoms with Crippen LogP contribution in [0.5, 0.6) is 0 Å². The lowest BCUT2D eigenvalue weighted by molar-refractivity contribution is 0.520. The van der Waals surface area contributed by atoms with Crippen LogP contribution in [0.1, 0.15) is 6.42 Å². The van der Waals surface area contributed by atoms with E-state index in [4.69, 9.17) is 5.73 Å². The van der Waals surface area contributed by atoms with Gasteiger partial charge in [-0.3, -0.25) is 0 Å². The second-order valence-electron chi connectivity index (χ2n) is 2.80. The summed E-state index contributed by atoms with van der Waals surface area (Å²) in [5.41, 5.74) is 5.62. The van der Waals surface area contributed by atoms with Crippen LogP contribution in [-0.4, -0.2) is 28.6 Å². The van der Waals surface area contributed by atoms with Crippen LogP contribution < -0.4 is 10.6 Å². The van der Waals surface area contributed by atoms with E-state index in [9.17, 15) is 0 Å². The van der Waals surface area contributed by atoms with E-state index in [2.05, 4.69) is 15.2 Å². The lowest BCUT2D eigenvalue weighted by atomic mass is 10.3. The largest absolute Gasteiger partial charge is 0.379 e. The van der Waals surface area contributed by atoms with Crippen molar-refractivity contribution < 1.29 is 0 Å². The van der Waals surface area contributed by atoms with Crippen molar-refractivity contribution in [3.05, 3.63) is 0 Å². The van der Waals surface area contributed by atoms with Gasteiger partial charge in [-0.25, -0.2) is 4.68 Å². The topological polar surface area (TPSA) is 60.0 Å². The van der Waals surface area contributed by atoms with Crippen LogP contribution in [0.3, 0.4) is 0 Å². The van der Waals surface area contributed by atoms with Gasteiger partial charge in [0.25, 0.3) is 0 Å². The predicted molar refractivity (Wildman–Crippen MR) is 42.3 cm³/mol. The Morgan fingerprint density at radius 2 is 2.27 bits per heavy atom. The van der Waals surface area contributed by atoms with Gasteiger partial charge in [-0.1, -0.05) is 5.21 Å². The Balaban J connectivity index is 2.48. The molecule has 0 saturated carbocycles. The van der Waals surface area contributed by atoms with Crippen molar-refractivity contribution in [3.63, 3.8) is 0 Å². The van der Waals surface area contributed by atoms with Gasteiger partial charge < -0.3 is 10.6 Å². The predicted octanol–water partition coefficient (Wildman–Crippen LogP) is -0.300. The number of nitrogen functional groups attached to an aromatic ring is 1. The minimum absolute atomic E-state index is 0.534. The van der Waals surface area contributed by atoms with E-state index in [-0.39, 0.29) is 0 Å². The number of anilines is 2. The Labute approximate surface area is 64.8 Å². The first kappa shape index (κ1) is 6.45. The molecule has 0 fully saturated rings. The molecule has 2 heterocycles. The molecule has 1 aliphatic heterocycles. The summed E-state index contributed by atoms with van der Waals surface area (Å²) in [6.45, 7) is 1.97. The maximum atomic E-state index is 5.62. The molecule has 5 nitrogen and oxygen atoms in total. The number of hydrogen-bond donors (Lipinski definition) is 1. The zero-order valence-electron chi connectivity index (χ0n) is 6.49.